The Hall–Kier alpha value is -5.79. The van der Waals surface area contributed by atoms with E-state index in [1.165, 1.54) is 0 Å². The molecule has 0 spiro atoms. The predicted molar refractivity (Wildman–Crippen MR) is 192 cm³/mol. The Morgan fingerprint density at radius 3 is 1.86 bits per heavy atom. The van der Waals surface area contributed by atoms with Gasteiger partial charge in [-0.2, -0.15) is 10.2 Å². The van der Waals surface area contributed by atoms with Gasteiger partial charge in [0.15, 0.2) is 0 Å². The standard InChI is InChI=1S/C36H43N11O3/c1-7-46-29(18-22(5)42-46)33(49)40-35-38-26-20-24(32(37)48)14-15-27(26)44(35)16-9-10-17-45-28-13-11-12-25(21(3)4)31(28)39-36(45)41-34(50)30-19-23(6)43-47(30)8-2/h11-15,18-21H,7-10,16-17H2,1-6H3,(H2,37,48)(H,38,40,49)(H,39,41,50). The zero-order chi connectivity index (χ0) is 35.7. The zero-order valence-electron chi connectivity index (χ0n) is 29.3. The lowest BCUT2D eigenvalue weighted by atomic mass is 10.0. The summed E-state index contributed by atoms with van der Waals surface area (Å²) in [7, 11) is 0. The van der Waals surface area contributed by atoms with Crippen LogP contribution in [-0.4, -0.2) is 56.4 Å². The summed E-state index contributed by atoms with van der Waals surface area (Å²) in [6.45, 7) is 14.1. The molecule has 260 valence electrons. The van der Waals surface area contributed by atoms with Gasteiger partial charge >= 0.3 is 0 Å². The summed E-state index contributed by atoms with van der Waals surface area (Å²) in [5, 5.41) is 14.9. The molecule has 0 aliphatic carbocycles. The number of hydrogen-bond donors (Lipinski definition) is 3. The number of nitrogens with zero attached hydrogens (tertiary/aromatic N) is 8. The highest BCUT2D eigenvalue weighted by Gasteiger charge is 2.21. The fourth-order valence-electron chi connectivity index (χ4n) is 6.37. The second-order valence-corrected chi connectivity index (χ2v) is 12.7. The quantitative estimate of drug-likeness (QED) is 0.133. The van der Waals surface area contributed by atoms with Gasteiger partial charge in [-0.15, -0.1) is 0 Å². The van der Waals surface area contributed by atoms with Crippen molar-refractivity contribution in [3.05, 3.63) is 82.4 Å². The van der Waals surface area contributed by atoms with E-state index in [1.807, 2.05) is 44.4 Å². The topological polar surface area (TPSA) is 173 Å². The third kappa shape index (κ3) is 6.60. The molecule has 6 rings (SSSR count). The normalized spacial score (nSPS) is 11.6. The Bertz CT molecular complexity index is 2230. The molecule has 0 saturated heterocycles. The number of carbonyl (C=O) groups excluding carboxylic acids is 3. The number of nitrogens with one attached hydrogen (secondary N) is 2. The van der Waals surface area contributed by atoms with Crippen molar-refractivity contribution < 1.29 is 14.4 Å². The molecule has 0 fully saturated rings. The molecule has 4 N–H and O–H groups in total. The monoisotopic (exact) mass is 677 g/mol. The summed E-state index contributed by atoms with van der Waals surface area (Å²) in [6.07, 6.45) is 1.43. The van der Waals surface area contributed by atoms with Crippen LogP contribution in [0.15, 0.2) is 48.5 Å². The van der Waals surface area contributed by atoms with Gasteiger partial charge in [0.05, 0.1) is 33.5 Å². The van der Waals surface area contributed by atoms with Gasteiger partial charge in [0.25, 0.3) is 11.8 Å². The lowest BCUT2D eigenvalue weighted by Gasteiger charge is -2.13. The molecular weight excluding hydrogens is 634 g/mol. The first kappa shape index (κ1) is 34.1. The van der Waals surface area contributed by atoms with Gasteiger partial charge in [-0.25, -0.2) is 9.97 Å². The zero-order valence-corrected chi connectivity index (χ0v) is 29.3. The molecule has 3 amide bonds. The number of unbranched alkanes of at least 4 members (excludes halogenated alkanes) is 1. The van der Waals surface area contributed by atoms with E-state index in [-0.39, 0.29) is 17.7 Å². The Kier molecular flexibility index (Phi) is 9.53. The van der Waals surface area contributed by atoms with Crippen molar-refractivity contribution in [1.29, 1.82) is 0 Å². The first-order chi connectivity index (χ1) is 24.0. The van der Waals surface area contributed by atoms with Gasteiger partial charge in [-0.3, -0.25) is 34.4 Å². The minimum absolute atomic E-state index is 0.243. The van der Waals surface area contributed by atoms with E-state index in [0.717, 1.165) is 39.9 Å². The molecule has 0 aliphatic rings. The number of para-hydroxylation sites is 1. The molecule has 6 aromatic rings. The number of aromatic nitrogens is 8. The van der Waals surface area contributed by atoms with Crippen LogP contribution in [0, 0.1) is 13.8 Å². The van der Waals surface area contributed by atoms with Crippen LogP contribution in [-0.2, 0) is 26.2 Å². The molecular formula is C36H43N11O3. The number of carbonyl (C=O) groups is 3. The molecule has 4 aromatic heterocycles. The SMILES string of the molecule is CCn1nc(C)cc1C(=O)Nc1nc2cc(C(N)=O)ccc2n1CCCCn1c(NC(=O)c2cc(C)nn2CC)nc2c(C(C)C)cccc21. The number of primary amides is 1. The van der Waals surface area contributed by atoms with Crippen molar-refractivity contribution in [3.8, 4) is 0 Å². The maximum Gasteiger partial charge on any atom is 0.276 e. The van der Waals surface area contributed by atoms with E-state index in [0.29, 0.717) is 67.0 Å². The third-order valence-electron chi connectivity index (χ3n) is 8.80. The molecule has 14 nitrogen and oxygen atoms in total. The summed E-state index contributed by atoms with van der Waals surface area (Å²) in [5.74, 6) is -0.0751. The van der Waals surface area contributed by atoms with Crippen LogP contribution in [0.3, 0.4) is 0 Å². The lowest BCUT2D eigenvalue weighted by Crippen LogP contribution is -2.20. The highest BCUT2D eigenvalue weighted by Crippen LogP contribution is 2.29. The highest BCUT2D eigenvalue weighted by atomic mass is 16.2. The summed E-state index contributed by atoms with van der Waals surface area (Å²) < 4.78 is 7.33. The molecule has 0 radical (unpaired) electrons. The molecule has 0 atom stereocenters. The Balaban J connectivity index is 1.28. The number of nitrogens with two attached hydrogens (primary N) is 1. The van der Waals surface area contributed by atoms with E-state index < -0.39 is 5.91 Å². The number of fused-ring (bicyclic) bond motifs is 2. The van der Waals surface area contributed by atoms with Gasteiger partial charge in [-0.1, -0.05) is 26.0 Å². The Morgan fingerprint density at radius 1 is 0.760 bits per heavy atom. The van der Waals surface area contributed by atoms with Crippen molar-refractivity contribution in [2.24, 2.45) is 5.73 Å². The van der Waals surface area contributed by atoms with Crippen LogP contribution >= 0.6 is 0 Å². The van der Waals surface area contributed by atoms with E-state index in [9.17, 15) is 14.4 Å². The molecule has 50 heavy (non-hydrogen) atoms. The van der Waals surface area contributed by atoms with Gasteiger partial charge in [0, 0.05) is 31.7 Å². The van der Waals surface area contributed by atoms with Crippen molar-refractivity contribution in [2.45, 2.75) is 86.5 Å². The minimum atomic E-state index is -0.556. The van der Waals surface area contributed by atoms with Gasteiger partial charge in [0.1, 0.15) is 11.4 Å². The van der Waals surface area contributed by atoms with Crippen LogP contribution in [0.1, 0.15) is 94.7 Å². The first-order valence-corrected chi connectivity index (χ1v) is 17.0. The molecule has 14 heteroatoms. The van der Waals surface area contributed by atoms with Crippen LogP contribution < -0.4 is 16.4 Å². The van der Waals surface area contributed by atoms with E-state index in [2.05, 4.69) is 45.3 Å². The maximum absolute atomic E-state index is 13.5. The summed E-state index contributed by atoms with van der Waals surface area (Å²) in [4.78, 5) is 48.5. The number of benzene rings is 2. The summed E-state index contributed by atoms with van der Waals surface area (Å²) in [6, 6.07) is 14.7. The van der Waals surface area contributed by atoms with E-state index in [4.69, 9.17) is 15.7 Å². The van der Waals surface area contributed by atoms with Crippen molar-refractivity contribution in [1.82, 2.24) is 38.7 Å². The second kappa shape index (κ2) is 14.0. The van der Waals surface area contributed by atoms with Crippen LogP contribution in [0.4, 0.5) is 11.9 Å². The molecule has 0 saturated carbocycles. The number of aryl methyl sites for hydroxylation is 6. The largest absolute Gasteiger partial charge is 0.366 e. The molecule has 0 bridgehead atoms. The maximum atomic E-state index is 13.5. The number of anilines is 2. The third-order valence-corrected chi connectivity index (χ3v) is 8.80. The average Bonchev–Trinajstić information content (AvgIpc) is 3.84. The Morgan fingerprint density at radius 2 is 1.32 bits per heavy atom. The summed E-state index contributed by atoms with van der Waals surface area (Å²) >= 11 is 0. The van der Waals surface area contributed by atoms with Gasteiger partial charge in [-0.05, 0) is 88.4 Å². The smallest absolute Gasteiger partial charge is 0.276 e. The molecule has 4 heterocycles. The number of amides is 3. The van der Waals surface area contributed by atoms with Crippen LogP contribution in [0.2, 0.25) is 0 Å². The van der Waals surface area contributed by atoms with E-state index >= 15 is 0 Å². The second-order valence-electron chi connectivity index (χ2n) is 12.7. The molecule has 0 unspecified atom stereocenters. The van der Waals surface area contributed by atoms with Gasteiger partial charge < -0.3 is 14.9 Å². The number of hydrogen-bond acceptors (Lipinski definition) is 7. The van der Waals surface area contributed by atoms with E-state index in [1.54, 1.807) is 39.7 Å². The van der Waals surface area contributed by atoms with Gasteiger partial charge in [0.2, 0.25) is 17.8 Å². The Labute approximate surface area is 289 Å². The van der Waals surface area contributed by atoms with Crippen LogP contribution in [0.25, 0.3) is 22.1 Å². The first-order valence-electron chi connectivity index (χ1n) is 17.0. The predicted octanol–water partition coefficient (Wildman–Crippen LogP) is 5.64. The lowest BCUT2D eigenvalue weighted by molar-refractivity contribution is 0.0995. The van der Waals surface area contributed by atoms with Crippen molar-refractivity contribution in [2.75, 3.05) is 10.6 Å². The molecule has 0 aliphatic heterocycles. The van der Waals surface area contributed by atoms with Crippen molar-refractivity contribution in [3.63, 3.8) is 0 Å². The highest BCUT2D eigenvalue weighted by molar-refractivity contribution is 6.04. The number of imidazole rings is 2. The number of rotatable bonds is 13. The van der Waals surface area contributed by atoms with Crippen molar-refractivity contribution >= 4 is 51.7 Å². The molecule has 2 aromatic carbocycles. The summed E-state index contributed by atoms with van der Waals surface area (Å²) in [5.41, 5.74) is 12.5. The fraction of sp³-hybridized carbons (Fsp3) is 0.361. The van der Waals surface area contributed by atoms with Crippen LogP contribution in [0.5, 0.6) is 0 Å². The minimum Gasteiger partial charge on any atom is -0.366 e. The fourth-order valence-corrected chi connectivity index (χ4v) is 6.37. The average molecular weight is 678 g/mol.